The number of nitrogens with one attached hydrogen (secondary N) is 3. The number of hydrazine groups is 1. The van der Waals surface area contributed by atoms with Crippen molar-refractivity contribution < 1.29 is 9.53 Å². The highest BCUT2D eigenvalue weighted by Gasteiger charge is 2.29. The van der Waals surface area contributed by atoms with Crippen LogP contribution in [0.25, 0.3) is 0 Å². The summed E-state index contributed by atoms with van der Waals surface area (Å²) in [4.78, 5) is 12.2. The molecule has 25 heavy (non-hydrogen) atoms. The summed E-state index contributed by atoms with van der Waals surface area (Å²) in [5.74, 6) is 0.636. The maximum Gasteiger partial charge on any atom is 0.258 e. The van der Waals surface area contributed by atoms with Gasteiger partial charge in [-0.25, -0.2) is 16.3 Å². The number of ether oxygens (including phenoxy) is 1. The third kappa shape index (κ3) is 4.45. The van der Waals surface area contributed by atoms with Crippen molar-refractivity contribution in [2.75, 3.05) is 7.11 Å². The van der Waals surface area contributed by atoms with Crippen LogP contribution in [0.3, 0.4) is 0 Å². The fourth-order valence-corrected chi connectivity index (χ4v) is 2.99. The number of benzene rings is 2. The van der Waals surface area contributed by atoms with E-state index in [1.807, 2.05) is 48.5 Å². The van der Waals surface area contributed by atoms with Crippen LogP contribution in [-0.4, -0.2) is 25.3 Å². The maximum atomic E-state index is 12.2. The molecule has 2 aromatic rings. The lowest BCUT2D eigenvalue weighted by Crippen LogP contribution is -2.41. The normalized spacial score (nSPS) is 19.9. The van der Waals surface area contributed by atoms with Gasteiger partial charge in [0.05, 0.1) is 13.3 Å². The van der Waals surface area contributed by atoms with Gasteiger partial charge in [-0.3, -0.25) is 4.79 Å². The molecule has 1 aliphatic rings. The number of amides is 1. The van der Waals surface area contributed by atoms with Gasteiger partial charge in [0, 0.05) is 16.1 Å². The number of carbonyl (C=O) groups excluding carboxylic acids is 1. The number of halogens is 1. The second-order valence-electron chi connectivity index (χ2n) is 5.66. The van der Waals surface area contributed by atoms with Crippen molar-refractivity contribution in [1.29, 1.82) is 0 Å². The fraction of sp³-hybridized carbons (Fsp3) is 0.222. The molecule has 0 bridgehead atoms. The molecule has 2 aromatic carbocycles. The van der Waals surface area contributed by atoms with E-state index >= 15 is 0 Å². The van der Waals surface area contributed by atoms with Crippen LogP contribution >= 0.6 is 15.9 Å². The third-order valence-corrected chi connectivity index (χ3v) is 4.74. The molecule has 130 valence electrons. The van der Waals surface area contributed by atoms with E-state index in [9.17, 15) is 4.79 Å². The smallest absolute Gasteiger partial charge is 0.258 e. The Morgan fingerprint density at radius 1 is 1.24 bits per heavy atom. The molecule has 7 heteroatoms. The molecule has 6 nitrogen and oxygen atoms in total. The van der Waals surface area contributed by atoms with Gasteiger partial charge in [-0.15, -0.1) is 0 Å². The molecule has 2 unspecified atom stereocenters. The maximum absolute atomic E-state index is 12.2. The summed E-state index contributed by atoms with van der Waals surface area (Å²) in [6.07, 6.45) is 2.26. The van der Waals surface area contributed by atoms with E-state index < -0.39 is 0 Å². The highest BCUT2D eigenvalue weighted by atomic mass is 79.9. The summed E-state index contributed by atoms with van der Waals surface area (Å²) < 4.78 is 6.09. The topological polar surface area (TPSA) is 74.8 Å². The molecule has 1 fully saturated rings. The van der Waals surface area contributed by atoms with Crippen LogP contribution in [-0.2, 0) is 4.79 Å². The number of hydrogen-bond acceptors (Lipinski definition) is 5. The minimum Gasteiger partial charge on any atom is -0.497 e. The van der Waals surface area contributed by atoms with Crippen LogP contribution in [0.1, 0.15) is 23.6 Å². The van der Waals surface area contributed by atoms with E-state index in [4.69, 9.17) is 4.74 Å². The molecule has 1 aliphatic heterocycles. The Balaban J connectivity index is 1.54. The zero-order chi connectivity index (χ0) is 17.6. The van der Waals surface area contributed by atoms with E-state index in [0.717, 1.165) is 21.3 Å². The van der Waals surface area contributed by atoms with Gasteiger partial charge in [-0.2, -0.15) is 5.10 Å². The summed E-state index contributed by atoms with van der Waals surface area (Å²) in [7, 11) is 1.64. The van der Waals surface area contributed by atoms with Crippen molar-refractivity contribution in [2.45, 2.75) is 18.5 Å². The average molecular weight is 403 g/mol. The van der Waals surface area contributed by atoms with Gasteiger partial charge < -0.3 is 4.74 Å². The van der Waals surface area contributed by atoms with Crippen LogP contribution in [0.2, 0.25) is 0 Å². The second-order valence-corrected chi connectivity index (χ2v) is 6.51. The summed E-state index contributed by atoms with van der Waals surface area (Å²) in [6, 6.07) is 15.2. The molecule has 0 aromatic heterocycles. The van der Waals surface area contributed by atoms with E-state index in [-0.39, 0.29) is 18.0 Å². The highest BCUT2D eigenvalue weighted by Crippen LogP contribution is 2.24. The molecule has 1 amide bonds. The molecule has 1 saturated heterocycles. The minimum atomic E-state index is -0.344. The molecule has 3 N–H and O–H groups in total. The van der Waals surface area contributed by atoms with Gasteiger partial charge in [-0.05, 0) is 30.2 Å². The quantitative estimate of drug-likeness (QED) is 0.530. The zero-order valence-corrected chi connectivity index (χ0v) is 15.3. The van der Waals surface area contributed by atoms with Crippen molar-refractivity contribution >= 4 is 28.1 Å². The summed E-state index contributed by atoms with van der Waals surface area (Å²) in [5.41, 5.74) is 10.7. The first-order chi connectivity index (χ1) is 12.2. The van der Waals surface area contributed by atoms with Crippen molar-refractivity contribution in [1.82, 2.24) is 16.3 Å². The standard InChI is InChI=1S/C18H19BrN4O2/c1-25-14-8-6-12(7-9-14)16-10-17(22-21-16)18(24)23-20-11-13-4-2-3-5-15(13)19/h2-9,11,16-17,21-22H,10H2,1H3,(H,23,24)/b20-11-. The number of hydrogen-bond donors (Lipinski definition) is 3. The Morgan fingerprint density at radius 3 is 2.72 bits per heavy atom. The lowest BCUT2D eigenvalue weighted by atomic mass is 10.0. The molecule has 0 saturated carbocycles. The molecule has 2 atom stereocenters. The lowest BCUT2D eigenvalue weighted by Gasteiger charge is -2.10. The van der Waals surface area contributed by atoms with Crippen LogP contribution in [0, 0.1) is 0 Å². The lowest BCUT2D eigenvalue weighted by molar-refractivity contribution is -0.122. The van der Waals surface area contributed by atoms with Gasteiger partial charge >= 0.3 is 0 Å². The first-order valence-corrected chi connectivity index (χ1v) is 8.69. The predicted molar refractivity (Wildman–Crippen MR) is 100 cm³/mol. The molecule has 0 radical (unpaired) electrons. The van der Waals surface area contributed by atoms with E-state index in [1.54, 1.807) is 13.3 Å². The minimum absolute atomic E-state index is 0.0638. The predicted octanol–water partition coefficient (Wildman–Crippen LogP) is 2.52. The van der Waals surface area contributed by atoms with Gasteiger partial charge in [0.1, 0.15) is 11.8 Å². The van der Waals surface area contributed by atoms with E-state index in [1.165, 1.54) is 0 Å². The fourth-order valence-electron chi connectivity index (χ4n) is 2.61. The van der Waals surface area contributed by atoms with Crippen LogP contribution in [0.4, 0.5) is 0 Å². The molecular weight excluding hydrogens is 384 g/mol. The first-order valence-electron chi connectivity index (χ1n) is 7.90. The van der Waals surface area contributed by atoms with Crippen molar-refractivity contribution in [3.8, 4) is 5.75 Å². The zero-order valence-electron chi connectivity index (χ0n) is 13.7. The van der Waals surface area contributed by atoms with Gasteiger partial charge in [-0.1, -0.05) is 46.3 Å². The Kier molecular flexibility index (Phi) is 5.80. The summed E-state index contributed by atoms with van der Waals surface area (Å²) in [6.45, 7) is 0. The molecule has 1 heterocycles. The number of methoxy groups -OCH3 is 1. The number of rotatable bonds is 5. The van der Waals surface area contributed by atoms with Gasteiger partial charge in [0.2, 0.25) is 0 Å². The molecule has 0 spiro atoms. The van der Waals surface area contributed by atoms with Crippen LogP contribution in [0.5, 0.6) is 5.75 Å². The Morgan fingerprint density at radius 2 is 2.00 bits per heavy atom. The largest absolute Gasteiger partial charge is 0.497 e. The number of carbonyl (C=O) groups is 1. The monoisotopic (exact) mass is 402 g/mol. The second kappa shape index (κ2) is 8.24. The number of nitrogens with zero attached hydrogens (tertiary/aromatic N) is 1. The Bertz CT molecular complexity index is 764. The average Bonchev–Trinajstić information content (AvgIpc) is 3.13. The van der Waals surface area contributed by atoms with Gasteiger partial charge in [0.15, 0.2) is 0 Å². The van der Waals surface area contributed by atoms with E-state index in [2.05, 4.69) is 37.3 Å². The third-order valence-electron chi connectivity index (χ3n) is 4.02. The summed E-state index contributed by atoms with van der Waals surface area (Å²) in [5, 5.41) is 4.03. The first kappa shape index (κ1) is 17.6. The summed E-state index contributed by atoms with van der Waals surface area (Å²) >= 11 is 3.44. The van der Waals surface area contributed by atoms with Crippen molar-refractivity contribution in [3.05, 3.63) is 64.1 Å². The van der Waals surface area contributed by atoms with Gasteiger partial charge in [0.25, 0.3) is 5.91 Å². The Labute approximate surface area is 154 Å². The molecular formula is C18H19BrN4O2. The molecule has 0 aliphatic carbocycles. The van der Waals surface area contributed by atoms with Crippen molar-refractivity contribution in [3.63, 3.8) is 0 Å². The SMILES string of the molecule is COc1ccc(C2CC(C(=O)N/N=C\c3ccccc3Br)NN2)cc1. The Hall–Kier alpha value is -2.22. The van der Waals surface area contributed by atoms with E-state index in [0.29, 0.717) is 6.42 Å². The van der Waals surface area contributed by atoms with Crippen LogP contribution in [0.15, 0.2) is 58.1 Å². The van der Waals surface area contributed by atoms with Crippen LogP contribution < -0.4 is 21.0 Å². The highest BCUT2D eigenvalue weighted by molar-refractivity contribution is 9.10. The van der Waals surface area contributed by atoms with Crippen molar-refractivity contribution in [2.24, 2.45) is 5.10 Å². The number of hydrazone groups is 1. The molecule has 3 rings (SSSR count).